The minimum atomic E-state index is -0.148. The molecule has 2 aromatic heterocycles. The molecular weight excluding hydrogens is 304 g/mol. The van der Waals surface area contributed by atoms with E-state index in [1.807, 2.05) is 40.4 Å². The molecule has 0 saturated carbocycles. The normalized spacial score (nSPS) is 18.9. The zero-order chi connectivity index (χ0) is 17.5. The van der Waals surface area contributed by atoms with Crippen molar-refractivity contribution < 1.29 is 4.79 Å². The Labute approximate surface area is 142 Å². The van der Waals surface area contributed by atoms with Crippen LogP contribution in [0.5, 0.6) is 0 Å². The second kappa shape index (κ2) is 6.05. The number of carbonyl (C=O) groups excluding carboxylic acids is 1. The third kappa shape index (κ3) is 2.96. The van der Waals surface area contributed by atoms with Gasteiger partial charge in [0.1, 0.15) is 11.9 Å². The molecule has 7 nitrogen and oxygen atoms in total. The number of hydrogen-bond donors (Lipinski definition) is 1. The first-order valence-electron chi connectivity index (χ1n) is 8.35. The summed E-state index contributed by atoms with van der Waals surface area (Å²) in [6.45, 7) is 10.4. The molecule has 0 spiro atoms. The lowest BCUT2D eigenvalue weighted by atomic mass is 10.1. The number of nitrogens with zero attached hydrogens (tertiary/aromatic N) is 5. The van der Waals surface area contributed by atoms with E-state index in [1.54, 1.807) is 6.20 Å². The third-order valence-electron chi connectivity index (χ3n) is 4.40. The van der Waals surface area contributed by atoms with Gasteiger partial charge in [-0.05, 0) is 33.8 Å². The SMILES string of the molecule is Cc1cc(C(=O)N2CCNCC2c2nccn2C)nn1C(C)(C)C. The van der Waals surface area contributed by atoms with Gasteiger partial charge in [0.15, 0.2) is 5.69 Å². The number of rotatable bonds is 2. The molecule has 1 aliphatic heterocycles. The molecule has 7 heteroatoms. The van der Waals surface area contributed by atoms with Gasteiger partial charge in [0.2, 0.25) is 0 Å². The van der Waals surface area contributed by atoms with Gasteiger partial charge in [0.25, 0.3) is 5.91 Å². The van der Waals surface area contributed by atoms with E-state index in [4.69, 9.17) is 0 Å². The Morgan fingerprint density at radius 1 is 1.38 bits per heavy atom. The Hall–Kier alpha value is -2.15. The Morgan fingerprint density at radius 3 is 2.71 bits per heavy atom. The predicted molar refractivity (Wildman–Crippen MR) is 91.8 cm³/mol. The van der Waals surface area contributed by atoms with Crippen LogP contribution < -0.4 is 5.32 Å². The topological polar surface area (TPSA) is 68.0 Å². The first-order chi connectivity index (χ1) is 11.3. The van der Waals surface area contributed by atoms with Crippen LogP contribution in [0.4, 0.5) is 0 Å². The molecule has 0 bridgehead atoms. The monoisotopic (exact) mass is 330 g/mol. The highest BCUT2D eigenvalue weighted by atomic mass is 16.2. The Kier molecular flexibility index (Phi) is 4.21. The molecule has 2 aromatic rings. The van der Waals surface area contributed by atoms with Gasteiger partial charge in [0, 0.05) is 44.8 Å². The maximum Gasteiger partial charge on any atom is 0.275 e. The van der Waals surface area contributed by atoms with E-state index >= 15 is 0 Å². The number of piperazine rings is 1. The van der Waals surface area contributed by atoms with E-state index in [0.717, 1.165) is 18.1 Å². The van der Waals surface area contributed by atoms with Crippen LogP contribution in [0.25, 0.3) is 0 Å². The molecule has 0 aromatic carbocycles. The van der Waals surface area contributed by atoms with E-state index in [1.165, 1.54) is 0 Å². The fourth-order valence-corrected chi connectivity index (χ4v) is 3.28. The second-order valence-electron chi connectivity index (χ2n) is 7.37. The number of aromatic nitrogens is 4. The van der Waals surface area contributed by atoms with Crippen LogP contribution in [0.3, 0.4) is 0 Å². The number of amides is 1. The number of hydrogen-bond acceptors (Lipinski definition) is 4. The van der Waals surface area contributed by atoms with E-state index in [-0.39, 0.29) is 17.5 Å². The van der Waals surface area contributed by atoms with Crippen LogP contribution in [0, 0.1) is 6.92 Å². The van der Waals surface area contributed by atoms with Gasteiger partial charge in [-0.2, -0.15) is 5.10 Å². The second-order valence-corrected chi connectivity index (χ2v) is 7.37. The van der Waals surface area contributed by atoms with Crippen LogP contribution in [0.2, 0.25) is 0 Å². The zero-order valence-electron chi connectivity index (χ0n) is 15.1. The van der Waals surface area contributed by atoms with E-state index in [0.29, 0.717) is 18.8 Å². The summed E-state index contributed by atoms with van der Waals surface area (Å²) in [6, 6.07) is 1.80. The van der Waals surface area contributed by atoms with Crippen molar-refractivity contribution in [1.29, 1.82) is 0 Å². The summed E-state index contributed by atoms with van der Waals surface area (Å²) >= 11 is 0. The zero-order valence-corrected chi connectivity index (χ0v) is 15.1. The molecule has 0 radical (unpaired) electrons. The van der Waals surface area contributed by atoms with Crippen molar-refractivity contribution in [3.63, 3.8) is 0 Å². The van der Waals surface area contributed by atoms with Crippen molar-refractivity contribution in [2.45, 2.75) is 39.3 Å². The van der Waals surface area contributed by atoms with Crippen molar-refractivity contribution in [3.8, 4) is 0 Å². The molecular formula is C17H26N6O. The number of carbonyl (C=O) groups is 1. The molecule has 1 amide bonds. The summed E-state index contributed by atoms with van der Waals surface area (Å²) in [5.41, 5.74) is 1.35. The minimum absolute atomic E-state index is 0.0319. The number of nitrogens with one attached hydrogen (secondary N) is 1. The van der Waals surface area contributed by atoms with Gasteiger partial charge >= 0.3 is 0 Å². The third-order valence-corrected chi connectivity index (χ3v) is 4.40. The molecule has 130 valence electrons. The maximum atomic E-state index is 13.1. The average molecular weight is 330 g/mol. The van der Waals surface area contributed by atoms with Crippen LogP contribution in [0.1, 0.15) is 48.8 Å². The van der Waals surface area contributed by atoms with Crippen LogP contribution in [-0.2, 0) is 12.6 Å². The number of aryl methyl sites for hydroxylation is 2. The molecule has 1 atom stereocenters. The smallest absolute Gasteiger partial charge is 0.275 e. The molecule has 1 N–H and O–H groups in total. The Morgan fingerprint density at radius 2 is 2.12 bits per heavy atom. The molecule has 1 unspecified atom stereocenters. The van der Waals surface area contributed by atoms with Crippen molar-refractivity contribution in [2.75, 3.05) is 19.6 Å². The molecule has 1 aliphatic rings. The first kappa shape index (κ1) is 16.7. The molecule has 3 heterocycles. The van der Waals surface area contributed by atoms with E-state index < -0.39 is 0 Å². The van der Waals surface area contributed by atoms with Gasteiger partial charge in [0.05, 0.1) is 5.54 Å². The summed E-state index contributed by atoms with van der Waals surface area (Å²) < 4.78 is 3.88. The maximum absolute atomic E-state index is 13.1. The van der Waals surface area contributed by atoms with Gasteiger partial charge in [-0.3, -0.25) is 9.48 Å². The molecule has 1 saturated heterocycles. The highest BCUT2D eigenvalue weighted by Gasteiger charge is 2.32. The van der Waals surface area contributed by atoms with Gasteiger partial charge in [-0.15, -0.1) is 0 Å². The fraction of sp³-hybridized carbons (Fsp3) is 0.588. The quantitative estimate of drug-likeness (QED) is 0.905. The van der Waals surface area contributed by atoms with Crippen molar-refractivity contribution >= 4 is 5.91 Å². The van der Waals surface area contributed by atoms with Crippen molar-refractivity contribution in [2.24, 2.45) is 7.05 Å². The van der Waals surface area contributed by atoms with Crippen molar-refractivity contribution in [1.82, 2.24) is 29.5 Å². The van der Waals surface area contributed by atoms with E-state index in [9.17, 15) is 4.79 Å². The molecule has 3 rings (SSSR count). The van der Waals surface area contributed by atoms with E-state index in [2.05, 4.69) is 36.2 Å². The van der Waals surface area contributed by atoms with Crippen LogP contribution in [0.15, 0.2) is 18.5 Å². The molecule has 0 aliphatic carbocycles. The number of imidazole rings is 1. The Balaban J connectivity index is 1.92. The molecule has 24 heavy (non-hydrogen) atoms. The fourth-order valence-electron chi connectivity index (χ4n) is 3.28. The summed E-state index contributed by atoms with van der Waals surface area (Å²) in [5.74, 6) is 0.859. The lowest BCUT2D eigenvalue weighted by molar-refractivity contribution is 0.0613. The molecule has 1 fully saturated rings. The standard InChI is InChI=1S/C17H26N6O/c1-12-10-13(20-23(12)17(2,3)4)16(24)22-9-6-18-11-14(22)15-19-7-8-21(15)5/h7-8,10,14,18H,6,9,11H2,1-5H3. The van der Waals surface area contributed by atoms with Gasteiger partial charge in [-0.1, -0.05) is 0 Å². The lowest BCUT2D eigenvalue weighted by Gasteiger charge is -2.35. The largest absolute Gasteiger partial charge is 0.336 e. The van der Waals surface area contributed by atoms with Crippen LogP contribution in [-0.4, -0.2) is 49.8 Å². The summed E-state index contributed by atoms with van der Waals surface area (Å²) in [4.78, 5) is 19.4. The Bertz CT molecular complexity index is 739. The minimum Gasteiger partial charge on any atom is -0.336 e. The van der Waals surface area contributed by atoms with Gasteiger partial charge in [-0.25, -0.2) is 4.98 Å². The summed E-state index contributed by atoms with van der Waals surface area (Å²) in [6.07, 6.45) is 3.68. The lowest BCUT2D eigenvalue weighted by Crippen LogP contribution is -2.49. The summed E-state index contributed by atoms with van der Waals surface area (Å²) in [7, 11) is 1.96. The first-order valence-corrected chi connectivity index (χ1v) is 8.35. The van der Waals surface area contributed by atoms with Gasteiger partial charge < -0.3 is 14.8 Å². The summed E-state index contributed by atoms with van der Waals surface area (Å²) in [5, 5.41) is 7.93. The average Bonchev–Trinajstić information content (AvgIpc) is 3.12. The highest BCUT2D eigenvalue weighted by Crippen LogP contribution is 2.24. The highest BCUT2D eigenvalue weighted by molar-refractivity contribution is 5.92. The van der Waals surface area contributed by atoms with Crippen LogP contribution >= 0.6 is 0 Å². The predicted octanol–water partition coefficient (Wildman–Crippen LogP) is 1.47. The van der Waals surface area contributed by atoms with Crippen molar-refractivity contribution in [3.05, 3.63) is 35.7 Å².